The summed E-state index contributed by atoms with van der Waals surface area (Å²) in [5, 5.41) is 3.54. The van der Waals surface area contributed by atoms with Gasteiger partial charge in [0.1, 0.15) is 0 Å². The Kier molecular flexibility index (Phi) is 3.58. The maximum absolute atomic E-state index is 3.54. The van der Waals surface area contributed by atoms with Crippen molar-refractivity contribution in [1.29, 1.82) is 0 Å². The summed E-state index contributed by atoms with van der Waals surface area (Å²) in [4.78, 5) is 0. The van der Waals surface area contributed by atoms with Crippen molar-refractivity contribution >= 4 is 0 Å². The van der Waals surface area contributed by atoms with Gasteiger partial charge in [-0.1, -0.05) is 30.3 Å². The Bertz CT molecular complexity index is 249. The fraction of sp³-hybridized carbons (Fsp3) is 0.538. The van der Waals surface area contributed by atoms with Crippen LogP contribution in [0.4, 0.5) is 0 Å². The maximum atomic E-state index is 3.54. The number of rotatable bonds is 4. The fourth-order valence-corrected chi connectivity index (χ4v) is 2.20. The predicted octanol–water partition coefficient (Wildman–Crippen LogP) is 2.76. The van der Waals surface area contributed by atoms with Crippen LogP contribution in [-0.4, -0.2) is 12.6 Å². The third-order valence-electron chi connectivity index (χ3n) is 3.02. The van der Waals surface area contributed by atoms with Crippen LogP contribution in [0.2, 0.25) is 0 Å². The Morgan fingerprint density at radius 1 is 1.21 bits per heavy atom. The minimum Gasteiger partial charge on any atom is -0.314 e. The molecule has 0 amide bonds. The van der Waals surface area contributed by atoms with E-state index >= 15 is 0 Å². The fourth-order valence-electron chi connectivity index (χ4n) is 2.20. The molecule has 1 aliphatic heterocycles. The van der Waals surface area contributed by atoms with Gasteiger partial charge in [0.25, 0.3) is 0 Å². The van der Waals surface area contributed by atoms with E-state index in [4.69, 9.17) is 0 Å². The van der Waals surface area contributed by atoms with Gasteiger partial charge in [0.05, 0.1) is 0 Å². The summed E-state index contributed by atoms with van der Waals surface area (Å²) in [6.45, 7) is 1.23. The van der Waals surface area contributed by atoms with Crippen molar-refractivity contribution in [3.8, 4) is 0 Å². The Labute approximate surface area is 86.5 Å². The number of hydrogen-bond acceptors (Lipinski definition) is 1. The molecule has 1 aromatic rings. The van der Waals surface area contributed by atoms with E-state index in [1.165, 1.54) is 44.2 Å². The topological polar surface area (TPSA) is 12.0 Å². The van der Waals surface area contributed by atoms with Crippen molar-refractivity contribution in [3.05, 3.63) is 35.9 Å². The van der Waals surface area contributed by atoms with E-state index in [0.29, 0.717) is 0 Å². The molecular formula is C13H19N. The Morgan fingerprint density at radius 2 is 2.07 bits per heavy atom. The van der Waals surface area contributed by atoms with Gasteiger partial charge in [-0.25, -0.2) is 0 Å². The molecule has 1 heterocycles. The molecule has 1 saturated heterocycles. The van der Waals surface area contributed by atoms with Crippen LogP contribution >= 0.6 is 0 Å². The van der Waals surface area contributed by atoms with Crippen molar-refractivity contribution in [2.24, 2.45) is 0 Å². The quantitative estimate of drug-likeness (QED) is 0.768. The van der Waals surface area contributed by atoms with Crippen LogP contribution in [-0.2, 0) is 6.42 Å². The number of aryl methyl sites for hydroxylation is 1. The molecule has 0 aliphatic carbocycles. The Balaban J connectivity index is 1.67. The second kappa shape index (κ2) is 5.16. The van der Waals surface area contributed by atoms with Gasteiger partial charge in [-0.15, -0.1) is 0 Å². The number of hydrogen-bond donors (Lipinski definition) is 1. The first-order chi connectivity index (χ1) is 6.95. The SMILES string of the molecule is c1ccc(CCCC2CCCN2)cc1. The first kappa shape index (κ1) is 9.72. The van der Waals surface area contributed by atoms with E-state index in [1.807, 2.05) is 0 Å². The van der Waals surface area contributed by atoms with E-state index in [2.05, 4.69) is 35.6 Å². The molecule has 1 heteroatoms. The Hall–Kier alpha value is -0.820. The van der Waals surface area contributed by atoms with Crippen molar-refractivity contribution < 1.29 is 0 Å². The molecule has 0 spiro atoms. The van der Waals surface area contributed by atoms with Gasteiger partial charge < -0.3 is 5.32 Å². The average Bonchev–Trinajstić information content (AvgIpc) is 2.72. The summed E-state index contributed by atoms with van der Waals surface area (Å²) in [5.74, 6) is 0. The van der Waals surface area contributed by atoms with E-state index in [1.54, 1.807) is 0 Å². The van der Waals surface area contributed by atoms with Crippen molar-refractivity contribution in [2.45, 2.75) is 38.1 Å². The van der Waals surface area contributed by atoms with Gasteiger partial charge in [-0.05, 0) is 44.2 Å². The molecule has 1 atom stereocenters. The second-order valence-electron chi connectivity index (χ2n) is 4.17. The molecule has 2 rings (SSSR count). The lowest BCUT2D eigenvalue weighted by atomic mass is 10.0. The molecule has 1 fully saturated rings. The molecule has 1 nitrogen and oxygen atoms in total. The van der Waals surface area contributed by atoms with Crippen LogP contribution in [0, 0.1) is 0 Å². The van der Waals surface area contributed by atoms with Crippen molar-refractivity contribution in [1.82, 2.24) is 5.32 Å². The zero-order valence-corrected chi connectivity index (χ0v) is 8.71. The lowest BCUT2D eigenvalue weighted by molar-refractivity contribution is 0.536. The smallest absolute Gasteiger partial charge is 0.00676 e. The highest BCUT2D eigenvalue weighted by molar-refractivity contribution is 5.14. The zero-order chi connectivity index (χ0) is 9.64. The van der Waals surface area contributed by atoms with Gasteiger partial charge in [0.15, 0.2) is 0 Å². The van der Waals surface area contributed by atoms with Crippen LogP contribution in [0.15, 0.2) is 30.3 Å². The van der Waals surface area contributed by atoms with E-state index < -0.39 is 0 Å². The highest BCUT2D eigenvalue weighted by Crippen LogP contribution is 2.13. The van der Waals surface area contributed by atoms with Crippen molar-refractivity contribution in [3.63, 3.8) is 0 Å². The predicted molar refractivity (Wildman–Crippen MR) is 60.4 cm³/mol. The molecule has 76 valence electrons. The summed E-state index contributed by atoms with van der Waals surface area (Å²) in [7, 11) is 0. The van der Waals surface area contributed by atoms with Gasteiger partial charge >= 0.3 is 0 Å². The minimum absolute atomic E-state index is 0.804. The number of benzene rings is 1. The van der Waals surface area contributed by atoms with Gasteiger partial charge in [-0.3, -0.25) is 0 Å². The normalized spacial score (nSPS) is 21.3. The molecular weight excluding hydrogens is 170 g/mol. The summed E-state index contributed by atoms with van der Waals surface area (Å²) >= 11 is 0. The van der Waals surface area contributed by atoms with Crippen LogP contribution in [0.3, 0.4) is 0 Å². The third-order valence-corrected chi connectivity index (χ3v) is 3.02. The lowest BCUT2D eigenvalue weighted by Crippen LogP contribution is -2.20. The minimum atomic E-state index is 0.804. The number of nitrogens with one attached hydrogen (secondary N) is 1. The molecule has 0 saturated carbocycles. The zero-order valence-electron chi connectivity index (χ0n) is 8.71. The molecule has 0 bridgehead atoms. The molecule has 14 heavy (non-hydrogen) atoms. The summed E-state index contributed by atoms with van der Waals surface area (Å²) in [6, 6.07) is 11.6. The van der Waals surface area contributed by atoms with E-state index in [-0.39, 0.29) is 0 Å². The molecule has 0 aromatic heterocycles. The molecule has 1 N–H and O–H groups in total. The standard InChI is InChI=1S/C13H19N/c1-2-6-12(7-3-1)8-4-9-13-10-5-11-14-13/h1-3,6-7,13-14H,4-5,8-11H2. The molecule has 1 aliphatic rings. The van der Waals surface area contributed by atoms with Crippen LogP contribution in [0.5, 0.6) is 0 Å². The van der Waals surface area contributed by atoms with Crippen LogP contribution in [0.25, 0.3) is 0 Å². The summed E-state index contributed by atoms with van der Waals surface area (Å²) in [5.41, 5.74) is 1.48. The summed E-state index contributed by atoms with van der Waals surface area (Å²) in [6.07, 6.45) is 6.65. The molecule has 1 aromatic carbocycles. The first-order valence-corrected chi connectivity index (χ1v) is 5.72. The van der Waals surface area contributed by atoms with Crippen LogP contribution < -0.4 is 5.32 Å². The largest absolute Gasteiger partial charge is 0.314 e. The van der Waals surface area contributed by atoms with E-state index in [0.717, 1.165) is 6.04 Å². The Morgan fingerprint density at radius 3 is 2.79 bits per heavy atom. The second-order valence-corrected chi connectivity index (χ2v) is 4.17. The summed E-state index contributed by atoms with van der Waals surface area (Å²) < 4.78 is 0. The van der Waals surface area contributed by atoms with Crippen LogP contribution in [0.1, 0.15) is 31.2 Å². The maximum Gasteiger partial charge on any atom is 0.00676 e. The van der Waals surface area contributed by atoms with Gasteiger partial charge in [0.2, 0.25) is 0 Å². The average molecular weight is 189 g/mol. The van der Waals surface area contributed by atoms with E-state index in [9.17, 15) is 0 Å². The first-order valence-electron chi connectivity index (χ1n) is 5.72. The third kappa shape index (κ3) is 2.85. The molecule has 0 radical (unpaired) electrons. The van der Waals surface area contributed by atoms with Crippen molar-refractivity contribution in [2.75, 3.05) is 6.54 Å². The van der Waals surface area contributed by atoms with Gasteiger partial charge in [-0.2, -0.15) is 0 Å². The highest BCUT2D eigenvalue weighted by Gasteiger charge is 2.12. The van der Waals surface area contributed by atoms with Gasteiger partial charge in [0, 0.05) is 6.04 Å². The lowest BCUT2D eigenvalue weighted by Gasteiger charge is -2.09. The highest BCUT2D eigenvalue weighted by atomic mass is 14.9. The monoisotopic (exact) mass is 189 g/mol. The molecule has 1 unspecified atom stereocenters.